The third-order valence-corrected chi connectivity index (χ3v) is 3.62. The van der Waals surface area contributed by atoms with Crippen molar-refractivity contribution < 1.29 is 0 Å². The number of rotatable bonds is 5. The summed E-state index contributed by atoms with van der Waals surface area (Å²) in [5.41, 5.74) is 0. The van der Waals surface area contributed by atoms with Gasteiger partial charge in [0.25, 0.3) is 0 Å². The first-order valence-electron chi connectivity index (χ1n) is 5.03. The predicted molar refractivity (Wildman–Crippen MR) is 64.7 cm³/mol. The molecule has 0 amide bonds. The van der Waals surface area contributed by atoms with E-state index in [2.05, 4.69) is 15.3 Å². The minimum atomic E-state index is 0.234. The van der Waals surface area contributed by atoms with Gasteiger partial charge in [0.05, 0.1) is 5.38 Å². The van der Waals surface area contributed by atoms with Crippen LogP contribution in [0.3, 0.4) is 0 Å². The summed E-state index contributed by atoms with van der Waals surface area (Å²) in [6.45, 7) is 0.789. The highest BCUT2D eigenvalue weighted by Crippen LogP contribution is 2.35. The van der Waals surface area contributed by atoms with Crippen molar-refractivity contribution in [3.05, 3.63) is 12.4 Å². The number of thioether (sulfide) groups is 1. The minimum Gasteiger partial charge on any atom is -0.368 e. The number of anilines is 1. The van der Waals surface area contributed by atoms with Gasteiger partial charge in [-0.2, -0.15) is 0 Å². The molecule has 0 radical (unpaired) electrons. The van der Waals surface area contributed by atoms with Crippen LogP contribution in [0.5, 0.6) is 0 Å². The quantitative estimate of drug-likeness (QED) is 0.490. The van der Waals surface area contributed by atoms with Crippen LogP contribution in [0.4, 0.5) is 5.82 Å². The Balaban J connectivity index is 1.86. The first kappa shape index (κ1) is 11.0. The third kappa shape index (κ3) is 3.24. The maximum Gasteiger partial charge on any atom is 0.130 e. The smallest absolute Gasteiger partial charge is 0.130 e. The van der Waals surface area contributed by atoms with Crippen molar-refractivity contribution in [1.82, 2.24) is 9.97 Å². The Morgan fingerprint density at radius 3 is 3.07 bits per heavy atom. The van der Waals surface area contributed by atoms with E-state index in [9.17, 15) is 0 Å². The summed E-state index contributed by atoms with van der Waals surface area (Å²) in [6, 6.07) is 1.95. The normalized spacial score (nSPS) is 17.5. The molecule has 3 nitrogen and oxygen atoms in total. The fourth-order valence-electron chi connectivity index (χ4n) is 1.37. The van der Waals surface area contributed by atoms with E-state index < -0.39 is 0 Å². The fraction of sp³-hybridized carbons (Fsp3) is 0.600. The van der Waals surface area contributed by atoms with E-state index in [-0.39, 0.29) is 5.38 Å². The van der Waals surface area contributed by atoms with Crippen molar-refractivity contribution in [2.24, 2.45) is 5.92 Å². The molecule has 1 fully saturated rings. The molecule has 1 N–H and O–H groups in total. The van der Waals surface area contributed by atoms with E-state index >= 15 is 0 Å². The molecule has 0 bridgehead atoms. The highest BCUT2D eigenvalue weighted by molar-refractivity contribution is 7.98. The molecule has 2 rings (SSSR count). The van der Waals surface area contributed by atoms with Gasteiger partial charge in [-0.1, -0.05) is 0 Å². The lowest BCUT2D eigenvalue weighted by Crippen LogP contribution is -2.16. The Labute approximate surface area is 99.0 Å². The van der Waals surface area contributed by atoms with E-state index in [0.717, 1.165) is 17.4 Å². The first-order valence-corrected chi connectivity index (χ1v) is 6.69. The molecule has 0 aromatic carbocycles. The van der Waals surface area contributed by atoms with Crippen LogP contribution in [0, 0.1) is 5.92 Å². The fourth-order valence-corrected chi connectivity index (χ4v) is 2.09. The summed E-state index contributed by atoms with van der Waals surface area (Å²) >= 11 is 7.80. The van der Waals surface area contributed by atoms with Gasteiger partial charge in [0.15, 0.2) is 0 Å². The molecule has 1 atom stereocenters. The zero-order valence-corrected chi connectivity index (χ0v) is 10.2. The average Bonchev–Trinajstić information content (AvgIpc) is 3.10. The first-order chi connectivity index (χ1) is 7.29. The number of nitrogens with one attached hydrogen (secondary N) is 1. The van der Waals surface area contributed by atoms with Crippen LogP contribution in [-0.4, -0.2) is 28.1 Å². The summed E-state index contributed by atoms with van der Waals surface area (Å²) < 4.78 is 0. The minimum absolute atomic E-state index is 0.234. The molecule has 82 valence electrons. The van der Waals surface area contributed by atoms with Gasteiger partial charge >= 0.3 is 0 Å². The monoisotopic (exact) mass is 243 g/mol. The largest absolute Gasteiger partial charge is 0.368 e. The lowest BCUT2D eigenvalue weighted by atomic mass is 10.3. The topological polar surface area (TPSA) is 37.8 Å². The molecule has 5 heteroatoms. The summed E-state index contributed by atoms with van der Waals surface area (Å²) in [7, 11) is 0. The second-order valence-corrected chi connectivity index (χ2v) is 5.07. The predicted octanol–water partition coefficient (Wildman–Crippen LogP) is 2.63. The second-order valence-electron chi connectivity index (χ2n) is 3.68. The van der Waals surface area contributed by atoms with Crippen molar-refractivity contribution in [1.29, 1.82) is 0 Å². The van der Waals surface area contributed by atoms with Gasteiger partial charge in [0, 0.05) is 12.6 Å². The van der Waals surface area contributed by atoms with Crippen molar-refractivity contribution in [2.45, 2.75) is 23.2 Å². The Morgan fingerprint density at radius 1 is 1.60 bits per heavy atom. The molecule has 1 aliphatic rings. The number of hydrogen-bond donors (Lipinski definition) is 1. The standard InChI is InChI=1S/C10H14ClN3S/c1-15-10-4-9(13-6-14-10)12-5-8(11)7-2-3-7/h4,6-8H,2-3,5H2,1H3,(H,12,13,14). The number of alkyl halides is 1. The van der Waals surface area contributed by atoms with Crippen LogP contribution in [0.1, 0.15) is 12.8 Å². The highest BCUT2D eigenvalue weighted by Gasteiger charge is 2.29. The molecule has 1 saturated carbocycles. The molecule has 15 heavy (non-hydrogen) atoms. The molecule has 0 saturated heterocycles. The van der Waals surface area contributed by atoms with Crippen molar-refractivity contribution in [3.8, 4) is 0 Å². The summed E-state index contributed by atoms with van der Waals surface area (Å²) in [6.07, 6.45) is 6.13. The maximum absolute atomic E-state index is 6.19. The summed E-state index contributed by atoms with van der Waals surface area (Å²) in [5, 5.41) is 4.45. The molecule has 1 aromatic rings. The number of hydrogen-bond acceptors (Lipinski definition) is 4. The summed E-state index contributed by atoms with van der Waals surface area (Å²) in [4.78, 5) is 8.26. The average molecular weight is 244 g/mol. The lowest BCUT2D eigenvalue weighted by Gasteiger charge is -2.10. The van der Waals surface area contributed by atoms with Crippen LogP contribution < -0.4 is 5.32 Å². The molecule has 0 aliphatic heterocycles. The number of aromatic nitrogens is 2. The van der Waals surface area contributed by atoms with Gasteiger partial charge in [-0.3, -0.25) is 0 Å². The molecule has 1 aromatic heterocycles. The van der Waals surface area contributed by atoms with Gasteiger partial charge < -0.3 is 5.32 Å². The van der Waals surface area contributed by atoms with Gasteiger partial charge in [-0.25, -0.2) is 9.97 Å². The Bertz CT molecular complexity index is 330. The lowest BCUT2D eigenvalue weighted by molar-refractivity contribution is 0.767. The Morgan fingerprint density at radius 2 is 2.40 bits per heavy atom. The van der Waals surface area contributed by atoms with E-state index in [1.807, 2.05) is 12.3 Å². The highest BCUT2D eigenvalue weighted by atomic mass is 35.5. The third-order valence-electron chi connectivity index (χ3n) is 2.46. The molecular weight excluding hydrogens is 230 g/mol. The molecule has 1 unspecified atom stereocenters. The Kier molecular flexibility index (Phi) is 3.70. The van der Waals surface area contributed by atoms with Crippen LogP contribution in [0.15, 0.2) is 17.4 Å². The second kappa shape index (κ2) is 5.03. The van der Waals surface area contributed by atoms with Crippen LogP contribution in [0.25, 0.3) is 0 Å². The zero-order chi connectivity index (χ0) is 10.7. The van der Waals surface area contributed by atoms with Crippen molar-refractivity contribution >= 4 is 29.2 Å². The number of nitrogens with zero attached hydrogens (tertiary/aromatic N) is 2. The molecule has 1 heterocycles. The van der Waals surface area contributed by atoms with Gasteiger partial charge in [-0.15, -0.1) is 23.4 Å². The van der Waals surface area contributed by atoms with Gasteiger partial charge in [0.1, 0.15) is 17.2 Å². The van der Waals surface area contributed by atoms with Gasteiger partial charge in [0.2, 0.25) is 0 Å². The molecule has 1 aliphatic carbocycles. The van der Waals surface area contributed by atoms with E-state index in [1.54, 1.807) is 18.1 Å². The SMILES string of the molecule is CSc1cc(NCC(Cl)C2CC2)ncn1. The Hall–Kier alpha value is -0.480. The van der Waals surface area contributed by atoms with E-state index in [4.69, 9.17) is 11.6 Å². The molecular formula is C10H14ClN3S. The molecule has 0 spiro atoms. The van der Waals surface area contributed by atoms with Crippen LogP contribution in [-0.2, 0) is 0 Å². The summed E-state index contributed by atoms with van der Waals surface area (Å²) in [5.74, 6) is 1.57. The van der Waals surface area contributed by atoms with Crippen LogP contribution in [0.2, 0.25) is 0 Å². The van der Waals surface area contributed by atoms with Crippen LogP contribution >= 0.6 is 23.4 Å². The van der Waals surface area contributed by atoms with Crippen molar-refractivity contribution in [3.63, 3.8) is 0 Å². The zero-order valence-electron chi connectivity index (χ0n) is 8.61. The number of halogens is 1. The van der Waals surface area contributed by atoms with Crippen molar-refractivity contribution in [2.75, 3.05) is 18.1 Å². The van der Waals surface area contributed by atoms with E-state index in [0.29, 0.717) is 5.92 Å². The maximum atomic E-state index is 6.19. The van der Waals surface area contributed by atoms with E-state index in [1.165, 1.54) is 12.8 Å². The van der Waals surface area contributed by atoms with Gasteiger partial charge in [-0.05, 0) is 25.0 Å².